The Morgan fingerprint density at radius 1 is 0.929 bits per heavy atom. The van der Waals surface area contributed by atoms with Crippen molar-refractivity contribution in [2.24, 2.45) is 0 Å². The number of para-hydroxylation sites is 1. The predicted molar refractivity (Wildman–Crippen MR) is 160 cm³/mol. The van der Waals surface area contributed by atoms with Gasteiger partial charge in [0.05, 0.1) is 25.9 Å². The van der Waals surface area contributed by atoms with Gasteiger partial charge in [0.15, 0.2) is 5.82 Å². The molecule has 3 aromatic heterocycles. The molecule has 0 aliphatic heterocycles. The molecule has 0 aliphatic rings. The number of hydrogen-bond acceptors (Lipinski definition) is 6. The van der Waals surface area contributed by atoms with Gasteiger partial charge in [-0.15, -0.1) is 10.2 Å². The monoisotopic (exact) mass is 557 g/mol. The lowest BCUT2D eigenvalue weighted by atomic mass is 10.0. The van der Waals surface area contributed by atoms with E-state index in [4.69, 9.17) is 9.84 Å². The number of aromatic amines is 1. The summed E-state index contributed by atoms with van der Waals surface area (Å²) in [6.45, 7) is 0.544. The van der Waals surface area contributed by atoms with Crippen molar-refractivity contribution < 1.29 is 9.53 Å². The van der Waals surface area contributed by atoms with Crippen LogP contribution in [0.2, 0.25) is 0 Å². The molecule has 42 heavy (non-hydrogen) atoms. The van der Waals surface area contributed by atoms with Gasteiger partial charge in [0.25, 0.3) is 5.91 Å². The van der Waals surface area contributed by atoms with Crippen LogP contribution in [0.5, 0.6) is 5.75 Å². The topological polar surface area (TPSA) is 111 Å². The summed E-state index contributed by atoms with van der Waals surface area (Å²) in [6.07, 6.45) is 8.54. The van der Waals surface area contributed by atoms with E-state index in [2.05, 4.69) is 48.1 Å². The number of H-pyrrole nitrogens is 1. The number of methoxy groups -OCH3 is 1. The SMILES string of the molecule is COc1ccc(Cn2c(CCc3ccccc3)nnc2[C@@H](Cc2c[nH]c3ccccc23)NC(=O)c2cnccn2)cc1. The number of benzene rings is 3. The maximum absolute atomic E-state index is 13.4. The normalized spacial score (nSPS) is 11.8. The molecule has 2 N–H and O–H groups in total. The van der Waals surface area contributed by atoms with E-state index in [0.717, 1.165) is 40.0 Å². The van der Waals surface area contributed by atoms with Crippen molar-refractivity contribution in [3.8, 4) is 5.75 Å². The fourth-order valence-electron chi connectivity index (χ4n) is 5.15. The lowest BCUT2D eigenvalue weighted by molar-refractivity contribution is 0.0928. The van der Waals surface area contributed by atoms with Gasteiger partial charge in [-0.05, 0) is 41.3 Å². The summed E-state index contributed by atoms with van der Waals surface area (Å²) in [5.74, 6) is 2.00. The molecule has 0 saturated carbocycles. The molecule has 0 bridgehead atoms. The summed E-state index contributed by atoms with van der Waals surface area (Å²) in [5.41, 5.74) is 4.65. The van der Waals surface area contributed by atoms with E-state index < -0.39 is 6.04 Å². The van der Waals surface area contributed by atoms with Crippen molar-refractivity contribution in [1.82, 2.24) is 35.0 Å². The Morgan fingerprint density at radius 3 is 2.52 bits per heavy atom. The first-order chi connectivity index (χ1) is 20.7. The maximum atomic E-state index is 13.4. The number of nitrogens with one attached hydrogen (secondary N) is 2. The number of aryl methyl sites for hydroxylation is 2. The number of fused-ring (bicyclic) bond motifs is 1. The van der Waals surface area contributed by atoms with Crippen molar-refractivity contribution in [2.45, 2.75) is 31.8 Å². The number of amides is 1. The van der Waals surface area contributed by atoms with E-state index in [1.807, 2.05) is 66.9 Å². The number of ether oxygens (including phenoxy) is 1. The van der Waals surface area contributed by atoms with Crippen LogP contribution >= 0.6 is 0 Å². The predicted octanol–water partition coefficient (Wildman–Crippen LogP) is 5.11. The smallest absolute Gasteiger partial charge is 0.272 e. The zero-order valence-electron chi connectivity index (χ0n) is 23.3. The largest absolute Gasteiger partial charge is 0.497 e. The Balaban J connectivity index is 1.38. The third-order valence-corrected chi connectivity index (χ3v) is 7.35. The van der Waals surface area contributed by atoms with Crippen LogP contribution in [-0.2, 0) is 25.8 Å². The molecule has 9 heteroatoms. The minimum atomic E-state index is -0.477. The lowest BCUT2D eigenvalue weighted by Crippen LogP contribution is -2.33. The lowest BCUT2D eigenvalue weighted by Gasteiger charge is -2.20. The van der Waals surface area contributed by atoms with Crippen molar-refractivity contribution in [3.05, 3.63) is 138 Å². The van der Waals surface area contributed by atoms with Crippen LogP contribution < -0.4 is 10.1 Å². The van der Waals surface area contributed by atoms with Gasteiger partial charge in [0.1, 0.15) is 17.3 Å². The van der Waals surface area contributed by atoms with Crippen molar-refractivity contribution in [1.29, 1.82) is 0 Å². The fourth-order valence-corrected chi connectivity index (χ4v) is 5.15. The standard InChI is InChI=1S/C33H31N7O2/c1-42-26-14-11-24(12-15-26)22-40-31(16-13-23-7-3-2-4-8-23)38-39-32(40)29(37-33(41)30-21-34-17-18-35-30)19-25-20-36-28-10-6-5-9-27(25)28/h2-12,14-15,17-18,20-21,29,36H,13,16,19,22H2,1H3,(H,37,41)/t29-/m1/s1. The van der Waals surface area contributed by atoms with Crippen molar-refractivity contribution in [3.63, 3.8) is 0 Å². The Hall–Kier alpha value is -5.31. The Kier molecular flexibility index (Phi) is 7.98. The summed E-state index contributed by atoms with van der Waals surface area (Å²) in [6, 6.07) is 26.0. The van der Waals surface area contributed by atoms with E-state index in [9.17, 15) is 4.79 Å². The Bertz CT molecular complexity index is 1760. The highest BCUT2D eigenvalue weighted by Crippen LogP contribution is 2.26. The summed E-state index contributed by atoms with van der Waals surface area (Å²) in [7, 11) is 1.66. The average molecular weight is 558 g/mol. The van der Waals surface area contributed by atoms with Gasteiger partial charge in [-0.3, -0.25) is 9.78 Å². The number of rotatable bonds is 11. The summed E-state index contributed by atoms with van der Waals surface area (Å²) in [4.78, 5) is 25.0. The number of hydrogen-bond donors (Lipinski definition) is 2. The van der Waals surface area contributed by atoms with Gasteiger partial charge in [0, 0.05) is 42.3 Å². The van der Waals surface area contributed by atoms with E-state index in [1.165, 1.54) is 18.0 Å². The molecule has 6 aromatic rings. The summed E-state index contributed by atoms with van der Waals surface area (Å²) >= 11 is 0. The first-order valence-electron chi connectivity index (χ1n) is 13.9. The highest BCUT2D eigenvalue weighted by atomic mass is 16.5. The summed E-state index contributed by atoms with van der Waals surface area (Å²) in [5, 5.41) is 13.6. The third-order valence-electron chi connectivity index (χ3n) is 7.35. The molecule has 210 valence electrons. The van der Waals surface area contributed by atoms with E-state index in [1.54, 1.807) is 13.3 Å². The molecule has 0 fully saturated rings. The minimum Gasteiger partial charge on any atom is -0.497 e. The summed E-state index contributed by atoms with van der Waals surface area (Å²) < 4.78 is 7.49. The molecule has 9 nitrogen and oxygen atoms in total. The van der Waals surface area contributed by atoms with Gasteiger partial charge < -0.3 is 19.6 Å². The van der Waals surface area contributed by atoms with Gasteiger partial charge in [-0.2, -0.15) is 0 Å². The molecule has 0 aliphatic carbocycles. The third kappa shape index (κ3) is 6.05. The Morgan fingerprint density at radius 2 is 1.74 bits per heavy atom. The first-order valence-corrected chi connectivity index (χ1v) is 13.9. The van der Waals surface area contributed by atoms with Crippen LogP contribution in [0.4, 0.5) is 0 Å². The van der Waals surface area contributed by atoms with Crippen LogP contribution in [0.15, 0.2) is 104 Å². The number of aromatic nitrogens is 6. The number of carbonyl (C=O) groups is 1. The molecule has 0 unspecified atom stereocenters. The van der Waals surface area contributed by atoms with Crippen LogP contribution in [0.3, 0.4) is 0 Å². The maximum Gasteiger partial charge on any atom is 0.272 e. The second-order valence-electron chi connectivity index (χ2n) is 10.1. The fraction of sp³-hybridized carbons (Fsp3) is 0.182. The molecular formula is C33H31N7O2. The molecule has 0 spiro atoms. The van der Waals surface area contributed by atoms with Crippen LogP contribution in [-0.4, -0.2) is 42.7 Å². The van der Waals surface area contributed by atoms with E-state index >= 15 is 0 Å². The number of carbonyl (C=O) groups excluding carboxylic acids is 1. The van der Waals surface area contributed by atoms with E-state index in [-0.39, 0.29) is 11.6 Å². The molecule has 6 rings (SSSR count). The van der Waals surface area contributed by atoms with Gasteiger partial charge in [-0.1, -0.05) is 60.7 Å². The zero-order valence-corrected chi connectivity index (χ0v) is 23.3. The molecular weight excluding hydrogens is 526 g/mol. The molecule has 1 amide bonds. The molecule has 0 saturated heterocycles. The van der Waals surface area contributed by atoms with E-state index in [0.29, 0.717) is 25.2 Å². The quantitative estimate of drug-likeness (QED) is 0.229. The minimum absolute atomic E-state index is 0.243. The molecule has 1 atom stereocenters. The number of nitrogens with zero attached hydrogens (tertiary/aromatic N) is 5. The van der Waals surface area contributed by atoms with Crippen molar-refractivity contribution >= 4 is 16.8 Å². The highest BCUT2D eigenvalue weighted by Gasteiger charge is 2.26. The van der Waals surface area contributed by atoms with Crippen LogP contribution in [0.1, 0.15) is 44.9 Å². The van der Waals surface area contributed by atoms with Gasteiger partial charge in [0.2, 0.25) is 0 Å². The first kappa shape index (κ1) is 26.9. The van der Waals surface area contributed by atoms with Crippen molar-refractivity contribution in [2.75, 3.05) is 7.11 Å². The second-order valence-corrected chi connectivity index (χ2v) is 10.1. The van der Waals surface area contributed by atoms with Gasteiger partial charge in [-0.25, -0.2) is 4.98 Å². The molecule has 3 heterocycles. The average Bonchev–Trinajstić information content (AvgIpc) is 3.64. The zero-order chi connectivity index (χ0) is 28.7. The van der Waals surface area contributed by atoms with Crippen LogP contribution in [0, 0.1) is 0 Å². The Labute approximate surface area is 243 Å². The second kappa shape index (κ2) is 12.5. The van der Waals surface area contributed by atoms with Gasteiger partial charge >= 0.3 is 0 Å². The highest BCUT2D eigenvalue weighted by molar-refractivity contribution is 5.92. The molecule has 0 radical (unpaired) electrons. The van der Waals surface area contributed by atoms with Crippen LogP contribution in [0.25, 0.3) is 10.9 Å². The molecule has 3 aromatic carbocycles.